The first-order valence-electron chi connectivity index (χ1n) is 6.12. The molecule has 1 aliphatic carbocycles. The van der Waals surface area contributed by atoms with E-state index in [-0.39, 0.29) is 0 Å². The Kier molecular flexibility index (Phi) is 5.03. The molecule has 3 heteroatoms. The van der Waals surface area contributed by atoms with Crippen LogP contribution in [0.2, 0.25) is 0 Å². The molecular formula is C12H25NO2. The second-order valence-corrected chi connectivity index (χ2v) is 4.68. The van der Waals surface area contributed by atoms with E-state index < -0.39 is 5.60 Å². The van der Waals surface area contributed by atoms with Crippen LogP contribution in [-0.2, 0) is 4.74 Å². The zero-order valence-electron chi connectivity index (χ0n) is 10.3. The van der Waals surface area contributed by atoms with Gasteiger partial charge in [0.2, 0.25) is 0 Å². The minimum absolute atomic E-state index is 0.416. The number of aliphatic hydroxyl groups is 1. The molecule has 0 aromatic rings. The predicted molar refractivity (Wildman–Crippen MR) is 62.0 cm³/mol. The summed E-state index contributed by atoms with van der Waals surface area (Å²) in [6, 6.07) is 0.527. The molecule has 0 bridgehead atoms. The van der Waals surface area contributed by atoms with Crippen LogP contribution in [0.3, 0.4) is 0 Å². The largest absolute Gasteiger partial charge is 0.389 e. The van der Waals surface area contributed by atoms with Crippen molar-refractivity contribution in [2.45, 2.75) is 63.7 Å². The van der Waals surface area contributed by atoms with Crippen molar-refractivity contribution < 1.29 is 9.84 Å². The minimum atomic E-state index is -0.523. The highest BCUT2D eigenvalue weighted by atomic mass is 16.5. The number of hydrogen-bond acceptors (Lipinski definition) is 3. The van der Waals surface area contributed by atoms with Crippen molar-refractivity contribution in [3.05, 3.63) is 0 Å². The highest BCUT2D eigenvalue weighted by Gasteiger charge is 2.27. The summed E-state index contributed by atoms with van der Waals surface area (Å²) in [5, 5.41) is 13.6. The van der Waals surface area contributed by atoms with E-state index in [0.29, 0.717) is 18.7 Å². The Labute approximate surface area is 93.2 Å². The third-order valence-corrected chi connectivity index (χ3v) is 3.75. The lowest BCUT2D eigenvalue weighted by molar-refractivity contribution is 0.0292. The van der Waals surface area contributed by atoms with Crippen molar-refractivity contribution in [2.24, 2.45) is 0 Å². The third kappa shape index (κ3) is 3.74. The van der Waals surface area contributed by atoms with Crippen LogP contribution < -0.4 is 5.32 Å². The number of nitrogens with one attached hydrogen (secondary N) is 1. The van der Waals surface area contributed by atoms with Crippen LogP contribution in [-0.4, -0.2) is 36.5 Å². The highest BCUT2D eigenvalue weighted by Crippen LogP contribution is 2.22. The van der Waals surface area contributed by atoms with Gasteiger partial charge in [0, 0.05) is 19.7 Å². The van der Waals surface area contributed by atoms with Crippen LogP contribution in [0.5, 0.6) is 0 Å². The van der Waals surface area contributed by atoms with Gasteiger partial charge in [-0.2, -0.15) is 0 Å². The molecule has 15 heavy (non-hydrogen) atoms. The van der Waals surface area contributed by atoms with Gasteiger partial charge in [0.15, 0.2) is 0 Å². The summed E-state index contributed by atoms with van der Waals surface area (Å²) >= 11 is 0. The summed E-state index contributed by atoms with van der Waals surface area (Å²) in [5.41, 5.74) is -0.523. The van der Waals surface area contributed by atoms with Gasteiger partial charge in [-0.25, -0.2) is 0 Å². The van der Waals surface area contributed by atoms with Gasteiger partial charge in [-0.05, 0) is 32.1 Å². The fourth-order valence-corrected chi connectivity index (χ4v) is 2.17. The Bertz CT molecular complexity index is 180. The second-order valence-electron chi connectivity index (χ2n) is 4.68. The summed E-state index contributed by atoms with van der Waals surface area (Å²) < 4.78 is 5.32. The quantitative estimate of drug-likeness (QED) is 0.708. The van der Waals surface area contributed by atoms with Gasteiger partial charge in [0.05, 0.1) is 11.7 Å². The fourth-order valence-electron chi connectivity index (χ4n) is 2.17. The maximum atomic E-state index is 10.1. The Morgan fingerprint density at radius 3 is 2.47 bits per heavy atom. The van der Waals surface area contributed by atoms with Gasteiger partial charge in [-0.1, -0.05) is 13.8 Å². The lowest BCUT2D eigenvalue weighted by atomic mass is 9.97. The Morgan fingerprint density at radius 1 is 1.33 bits per heavy atom. The standard InChI is InChI=1S/C12H25NO2/c1-4-12(14,5-2)9-13-10-6-7-11(8-10)15-3/h10-11,13-14H,4-9H2,1-3H3. The first-order valence-corrected chi connectivity index (χ1v) is 6.12. The zero-order chi connectivity index (χ0) is 11.3. The van der Waals surface area contributed by atoms with Gasteiger partial charge in [-0.3, -0.25) is 0 Å². The maximum absolute atomic E-state index is 10.1. The lowest BCUT2D eigenvalue weighted by Crippen LogP contribution is -2.43. The molecule has 0 aromatic carbocycles. The Hall–Kier alpha value is -0.120. The van der Waals surface area contributed by atoms with E-state index in [4.69, 9.17) is 4.74 Å². The lowest BCUT2D eigenvalue weighted by Gasteiger charge is -2.27. The van der Waals surface area contributed by atoms with E-state index in [0.717, 1.165) is 25.7 Å². The van der Waals surface area contributed by atoms with E-state index in [1.54, 1.807) is 7.11 Å². The van der Waals surface area contributed by atoms with Crippen LogP contribution in [0.25, 0.3) is 0 Å². The molecule has 1 fully saturated rings. The van der Waals surface area contributed by atoms with Crippen molar-refractivity contribution in [1.82, 2.24) is 5.32 Å². The molecule has 1 aliphatic rings. The molecule has 0 radical (unpaired) electrons. The van der Waals surface area contributed by atoms with Crippen LogP contribution in [0, 0.1) is 0 Å². The molecule has 0 aromatic heterocycles. The first-order chi connectivity index (χ1) is 7.13. The van der Waals surface area contributed by atoms with Gasteiger partial charge in [0.25, 0.3) is 0 Å². The van der Waals surface area contributed by atoms with Crippen molar-refractivity contribution in [3.63, 3.8) is 0 Å². The van der Waals surface area contributed by atoms with Crippen molar-refractivity contribution in [3.8, 4) is 0 Å². The number of rotatable bonds is 6. The molecular weight excluding hydrogens is 190 g/mol. The number of methoxy groups -OCH3 is 1. The molecule has 2 atom stereocenters. The summed E-state index contributed by atoms with van der Waals surface area (Å²) in [5.74, 6) is 0. The van der Waals surface area contributed by atoms with E-state index in [2.05, 4.69) is 5.32 Å². The molecule has 0 saturated heterocycles. The van der Waals surface area contributed by atoms with Crippen LogP contribution in [0.4, 0.5) is 0 Å². The van der Waals surface area contributed by atoms with Crippen molar-refractivity contribution >= 4 is 0 Å². The SMILES string of the molecule is CCC(O)(CC)CNC1CCC(OC)C1. The van der Waals surface area contributed by atoms with Gasteiger partial charge < -0.3 is 15.2 Å². The monoisotopic (exact) mass is 215 g/mol. The van der Waals surface area contributed by atoms with Crippen LogP contribution in [0.15, 0.2) is 0 Å². The molecule has 0 heterocycles. The normalized spacial score (nSPS) is 27.2. The van der Waals surface area contributed by atoms with Crippen LogP contribution >= 0.6 is 0 Å². The molecule has 2 unspecified atom stereocenters. The average Bonchev–Trinajstić information content (AvgIpc) is 2.74. The topological polar surface area (TPSA) is 41.5 Å². The predicted octanol–water partition coefficient (Wildman–Crippen LogP) is 1.69. The van der Waals surface area contributed by atoms with E-state index in [1.807, 2.05) is 13.8 Å². The molecule has 1 saturated carbocycles. The molecule has 90 valence electrons. The van der Waals surface area contributed by atoms with E-state index in [9.17, 15) is 5.11 Å². The molecule has 0 spiro atoms. The molecule has 0 amide bonds. The molecule has 1 rings (SSSR count). The summed E-state index contributed by atoms with van der Waals surface area (Å²) in [6.07, 6.45) is 5.44. The Morgan fingerprint density at radius 2 is 2.00 bits per heavy atom. The number of ether oxygens (including phenoxy) is 1. The maximum Gasteiger partial charge on any atom is 0.0766 e. The molecule has 0 aliphatic heterocycles. The molecule has 3 nitrogen and oxygen atoms in total. The van der Waals surface area contributed by atoms with Gasteiger partial charge in [-0.15, -0.1) is 0 Å². The van der Waals surface area contributed by atoms with Crippen molar-refractivity contribution in [1.29, 1.82) is 0 Å². The zero-order valence-corrected chi connectivity index (χ0v) is 10.3. The highest BCUT2D eigenvalue weighted by molar-refractivity contribution is 4.85. The summed E-state index contributed by atoms with van der Waals surface area (Å²) in [4.78, 5) is 0. The third-order valence-electron chi connectivity index (χ3n) is 3.75. The summed E-state index contributed by atoms with van der Waals surface area (Å²) in [6.45, 7) is 4.79. The van der Waals surface area contributed by atoms with Crippen molar-refractivity contribution in [2.75, 3.05) is 13.7 Å². The first kappa shape index (κ1) is 12.9. The summed E-state index contributed by atoms with van der Waals surface area (Å²) in [7, 11) is 1.78. The molecule has 2 N–H and O–H groups in total. The van der Waals surface area contributed by atoms with Gasteiger partial charge in [0.1, 0.15) is 0 Å². The van der Waals surface area contributed by atoms with Crippen LogP contribution in [0.1, 0.15) is 46.0 Å². The van der Waals surface area contributed by atoms with E-state index >= 15 is 0 Å². The van der Waals surface area contributed by atoms with E-state index in [1.165, 1.54) is 6.42 Å². The smallest absolute Gasteiger partial charge is 0.0766 e. The second kappa shape index (κ2) is 5.83. The van der Waals surface area contributed by atoms with Gasteiger partial charge >= 0.3 is 0 Å². The Balaban J connectivity index is 2.25. The average molecular weight is 215 g/mol. The number of hydrogen-bond donors (Lipinski definition) is 2. The fraction of sp³-hybridized carbons (Fsp3) is 1.00. The minimum Gasteiger partial charge on any atom is -0.389 e.